The summed E-state index contributed by atoms with van der Waals surface area (Å²) in [5, 5.41) is 0.956. The van der Waals surface area contributed by atoms with E-state index in [9.17, 15) is 13.2 Å². The zero-order chi connectivity index (χ0) is 16.1. The molecule has 0 aliphatic heterocycles. The highest BCUT2D eigenvalue weighted by Crippen LogP contribution is 2.14. The van der Waals surface area contributed by atoms with Gasteiger partial charge in [-0.3, -0.25) is 9.35 Å². The van der Waals surface area contributed by atoms with Crippen LogP contribution in [0.15, 0.2) is 0 Å². The summed E-state index contributed by atoms with van der Waals surface area (Å²) >= 11 is 0. The lowest BCUT2D eigenvalue weighted by Gasteiger charge is -2.11. The van der Waals surface area contributed by atoms with Crippen LogP contribution in [0.2, 0.25) is 0 Å². The third-order valence-corrected chi connectivity index (χ3v) is 4.89. The number of rotatable bonds is 13. The molecule has 0 heterocycles. The maximum absolute atomic E-state index is 11.4. The van der Waals surface area contributed by atoms with Gasteiger partial charge < -0.3 is 5.32 Å². The van der Waals surface area contributed by atoms with Crippen molar-refractivity contribution in [1.82, 2.24) is 5.32 Å². The molecule has 0 aromatic rings. The lowest BCUT2D eigenvalue weighted by atomic mass is 10.1. The topological polar surface area (TPSA) is 83.5 Å². The van der Waals surface area contributed by atoms with Crippen molar-refractivity contribution < 1.29 is 17.8 Å². The van der Waals surface area contributed by atoms with Crippen LogP contribution >= 0.6 is 0 Å². The van der Waals surface area contributed by atoms with Crippen molar-refractivity contribution in [2.75, 3.05) is 7.05 Å². The summed E-state index contributed by atoms with van der Waals surface area (Å²) in [6.07, 6.45) is 11.6. The predicted octanol–water partition coefficient (Wildman–Crippen LogP) is 3.30. The summed E-state index contributed by atoms with van der Waals surface area (Å²) in [7, 11) is -2.92. The van der Waals surface area contributed by atoms with E-state index in [0.717, 1.165) is 19.3 Å². The number of hydrogen-bond acceptors (Lipinski definition) is 3. The highest BCUT2D eigenvalue weighted by molar-refractivity contribution is 7.87. The van der Waals surface area contributed by atoms with Crippen molar-refractivity contribution >= 4 is 16.0 Å². The van der Waals surface area contributed by atoms with E-state index in [1.807, 2.05) is 0 Å². The molecule has 1 atom stereocenters. The number of hydrogen-bond donors (Lipinski definition) is 2. The molecule has 126 valence electrons. The molecule has 0 aliphatic rings. The Morgan fingerprint density at radius 2 is 1.38 bits per heavy atom. The van der Waals surface area contributed by atoms with Crippen LogP contribution in [0.5, 0.6) is 0 Å². The third kappa shape index (κ3) is 10.7. The number of unbranched alkanes of at least 4 members (excludes halogenated alkanes) is 9. The first-order valence-electron chi connectivity index (χ1n) is 8.11. The Kier molecular flexibility index (Phi) is 11.6. The van der Waals surface area contributed by atoms with Crippen molar-refractivity contribution in [3.63, 3.8) is 0 Å². The number of amides is 1. The zero-order valence-corrected chi connectivity index (χ0v) is 14.3. The van der Waals surface area contributed by atoms with E-state index in [0.29, 0.717) is 6.42 Å². The van der Waals surface area contributed by atoms with Crippen molar-refractivity contribution in [3.05, 3.63) is 0 Å². The van der Waals surface area contributed by atoms with Gasteiger partial charge in [0.25, 0.3) is 10.1 Å². The third-order valence-electron chi connectivity index (χ3n) is 3.72. The average Bonchev–Trinajstić information content (AvgIpc) is 2.42. The van der Waals surface area contributed by atoms with Crippen molar-refractivity contribution in [2.24, 2.45) is 0 Å². The van der Waals surface area contributed by atoms with Crippen LogP contribution in [-0.4, -0.2) is 31.2 Å². The van der Waals surface area contributed by atoms with Gasteiger partial charge in [-0.2, -0.15) is 8.42 Å². The first-order chi connectivity index (χ1) is 9.93. The molecule has 6 heteroatoms. The SMILES string of the molecule is CCCCCCCCCCCCC(C(=O)NC)S(=O)(=O)O. The Hall–Kier alpha value is -0.620. The number of carbonyl (C=O) groups is 1. The molecule has 0 spiro atoms. The second kappa shape index (κ2) is 12.0. The molecular weight excluding hydrogens is 290 g/mol. The molecule has 0 aliphatic carbocycles. The first-order valence-corrected chi connectivity index (χ1v) is 9.61. The van der Waals surface area contributed by atoms with E-state index in [1.54, 1.807) is 0 Å². The molecule has 1 amide bonds. The maximum Gasteiger partial charge on any atom is 0.276 e. The molecule has 2 N–H and O–H groups in total. The van der Waals surface area contributed by atoms with Crippen molar-refractivity contribution in [2.45, 2.75) is 82.8 Å². The van der Waals surface area contributed by atoms with Gasteiger partial charge in [0, 0.05) is 7.05 Å². The second-order valence-electron chi connectivity index (χ2n) is 5.59. The standard InChI is InChI=1S/C15H31NO4S/c1-3-4-5-6-7-8-9-10-11-12-13-14(15(17)16-2)21(18,19)20/h14H,3-13H2,1-2H3,(H,16,17)(H,18,19,20). The van der Waals surface area contributed by atoms with E-state index in [4.69, 9.17) is 4.55 Å². The van der Waals surface area contributed by atoms with Crippen LogP contribution < -0.4 is 5.32 Å². The summed E-state index contributed by atoms with van der Waals surface area (Å²) in [5.74, 6) is -0.631. The summed E-state index contributed by atoms with van der Waals surface area (Å²) in [4.78, 5) is 11.4. The summed E-state index contributed by atoms with van der Waals surface area (Å²) in [6, 6.07) is 0. The Morgan fingerprint density at radius 1 is 0.952 bits per heavy atom. The predicted molar refractivity (Wildman–Crippen MR) is 85.9 cm³/mol. The quantitative estimate of drug-likeness (QED) is 0.403. The van der Waals surface area contributed by atoms with Gasteiger partial charge in [0.1, 0.15) is 0 Å². The maximum atomic E-state index is 11.4. The van der Waals surface area contributed by atoms with Gasteiger partial charge in [0.2, 0.25) is 5.91 Å². The highest BCUT2D eigenvalue weighted by Gasteiger charge is 2.29. The molecular formula is C15H31NO4S. The van der Waals surface area contributed by atoms with Crippen LogP contribution in [0, 0.1) is 0 Å². The van der Waals surface area contributed by atoms with Gasteiger partial charge in [0.15, 0.2) is 5.25 Å². The van der Waals surface area contributed by atoms with Gasteiger partial charge in [-0.15, -0.1) is 0 Å². The largest absolute Gasteiger partial charge is 0.358 e. The normalized spacial score (nSPS) is 13.1. The molecule has 0 bridgehead atoms. The van der Waals surface area contributed by atoms with Gasteiger partial charge in [-0.1, -0.05) is 71.1 Å². The van der Waals surface area contributed by atoms with E-state index in [2.05, 4.69) is 12.2 Å². The van der Waals surface area contributed by atoms with Gasteiger partial charge >= 0.3 is 0 Å². The fourth-order valence-electron chi connectivity index (χ4n) is 2.39. The highest BCUT2D eigenvalue weighted by atomic mass is 32.2. The summed E-state index contributed by atoms with van der Waals surface area (Å²) in [5.41, 5.74) is 0. The number of carbonyl (C=O) groups excluding carboxylic acids is 1. The van der Waals surface area contributed by atoms with Crippen molar-refractivity contribution in [3.8, 4) is 0 Å². The molecule has 0 saturated carbocycles. The summed E-state index contributed by atoms with van der Waals surface area (Å²) < 4.78 is 31.3. The molecule has 21 heavy (non-hydrogen) atoms. The smallest absolute Gasteiger partial charge is 0.276 e. The van der Waals surface area contributed by atoms with Gasteiger partial charge in [-0.25, -0.2) is 0 Å². The molecule has 5 nitrogen and oxygen atoms in total. The minimum absolute atomic E-state index is 0.189. The van der Waals surface area contributed by atoms with Crippen LogP contribution in [0.4, 0.5) is 0 Å². The van der Waals surface area contributed by atoms with E-state index < -0.39 is 21.3 Å². The first kappa shape index (κ1) is 20.4. The Bertz CT molecular complexity index is 368. The van der Waals surface area contributed by atoms with Gasteiger partial charge in [0.05, 0.1) is 0 Å². The lowest BCUT2D eigenvalue weighted by Crippen LogP contribution is -2.37. The second-order valence-corrected chi connectivity index (χ2v) is 7.19. The Balaban J connectivity index is 3.66. The minimum atomic E-state index is -4.30. The van der Waals surface area contributed by atoms with Gasteiger partial charge in [-0.05, 0) is 6.42 Å². The fraction of sp³-hybridized carbons (Fsp3) is 0.933. The van der Waals surface area contributed by atoms with Crippen LogP contribution in [-0.2, 0) is 14.9 Å². The minimum Gasteiger partial charge on any atom is -0.358 e. The van der Waals surface area contributed by atoms with Crippen LogP contribution in [0.3, 0.4) is 0 Å². The van der Waals surface area contributed by atoms with Crippen molar-refractivity contribution in [1.29, 1.82) is 0 Å². The molecule has 0 aromatic heterocycles. The Labute approximate surface area is 129 Å². The number of nitrogens with one attached hydrogen (secondary N) is 1. The van der Waals surface area contributed by atoms with Crippen LogP contribution in [0.1, 0.15) is 77.6 Å². The molecule has 0 radical (unpaired) electrons. The molecule has 0 saturated heterocycles. The average molecular weight is 321 g/mol. The zero-order valence-electron chi connectivity index (χ0n) is 13.4. The van der Waals surface area contributed by atoms with E-state index >= 15 is 0 Å². The Morgan fingerprint density at radius 3 is 1.76 bits per heavy atom. The van der Waals surface area contributed by atoms with E-state index in [-0.39, 0.29) is 6.42 Å². The fourth-order valence-corrected chi connectivity index (χ4v) is 3.25. The molecule has 0 aromatic carbocycles. The summed E-state index contributed by atoms with van der Waals surface area (Å²) in [6.45, 7) is 2.21. The van der Waals surface area contributed by atoms with E-state index in [1.165, 1.54) is 45.6 Å². The monoisotopic (exact) mass is 321 g/mol. The molecule has 0 rings (SSSR count). The molecule has 1 unspecified atom stereocenters. The van der Waals surface area contributed by atoms with Crippen LogP contribution in [0.25, 0.3) is 0 Å². The molecule has 0 fully saturated rings. The lowest BCUT2D eigenvalue weighted by molar-refractivity contribution is -0.120.